The molecule has 1 aliphatic carbocycles. The van der Waals surface area contributed by atoms with Crippen molar-refractivity contribution in [2.45, 2.75) is 46.6 Å². The Hall–Kier alpha value is -3.94. The highest BCUT2D eigenvalue weighted by Crippen LogP contribution is 2.38. The molecule has 2 aromatic heterocycles. The van der Waals surface area contributed by atoms with Crippen LogP contribution < -0.4 is 21.2 Å². The van der Waals surface area contributed by atoms with Crippen LogP contribution in [-0.2, 0) is 25.3 Å². The number of aromatic nitrogens is 2. The molecule has 0 saturated carbocycles. The second-order valence-corrected chi connectivity index (χ2v) is 10.3. The first kappa shape index (κ1) is 25.2. The number of hydrogen-bond acceptors (Lipinski definition) is 4. The molecule has 0 atom stereocenters. The maximum atomic E-state index is 13.9. The molecule has 0 spiro atoms. The number of hydrogen-bond donors (Lipinski definition) is 1. The zero-order valence-corrected chi connectivity index (χ0v) is 21.6. The van der Waals surface area contributed by atoms with Gasteiger partial charge in [-0.2, -0.15) is 0 Å². The third kappa shape index (κ3) is 4.63. The number of pyridine rings is 2. The molecule has 36 heavy (non-hydrogen) atoms. The maximum Gasteiger partial charge on any atom is 0.293 e. The Morgan fingerprint density at radius 1 is 1.00 bits per heavy atom. The predicted octanol–water partition coefficient (Wildman–Crippen LogP) is 4.15. The number of benzene rings is 1. The Balaban J connectivity index is 1.92. The first-order valence-corrected chi connectivity index (χ1v) is 11.7. The van der Waals surface area contributed by atoms with Crippen LogP contribution in [0.4, 0.5) is 4.39 Å². The minimum atomic E-state index is -0.433. The number of halogens is 1. The molecule has 0 saturated heterocycles. The van der Waals surface area contributed by atoms with Gasteiger partial charge < -0.3 is 19.2 Å². The van der Waals surface area contributed by atoms with Crippen LogP contribution in [0.25, 0.3) is 17.2 Å². The van der Waals surface area contributed by atoms with Gasteiger partial charge >= 0.3 is 0 Å². The molecule has 8 heteroatoms. The van der Waals surface area contributed by atoms with Crippen LogP contribution in [0.5, 0.6) is 11.5 Å². The molecule has 0 bridgehead atoms. The number of carbonyl (C=O) groups excluding carboxylic acids is 1. The average Bonchev–Trinajstić information content (AvgIpc) is 3.21. The predicted molar refractivity (Wildman–Crippen MR) is 138 cm³/mol. The summed E-state index contributed by atoms with van der Waals surface area (Å²) in [7, 11) is 3.25. The molecule has 1 amide bonds. The van der Waals surface area contributed by atoms with Gasteiger partial charge in [0.05, 0.1) is 0 Å². The number of rotatable bonds is 4. The number of amides is 1. The van der Waals surface area contributed by atoms with Gasteiger partial charge in [-0.25, -0.2) is 4.39 Å². The number of nitrogens with one attached hydrogen (secondary N) is 1. The normalized spacial score (nSPS) is 12.8. The van der Waals surface area contributed by atoms with Gasteiger partial charge in [0.2, 0.25) is 5.91 Å². The summed E-state index contributed by atoms with van der Waals surface area (Å²) in [6.07, 6.45) is 5.17. The van der Waals surface area contributed by atoms with E-state index in [9.17, 15) is 18.8 Å². The lowest BCUT2D eigenvalue weighted by atomic mass is 9.99. The van der Waals surface area contributed by atoms with Crippen LogP contribution in [0, 0.1) is 19.7 Å². The fraction of sp³-hybridized carbons (Fsp3) is 0.321. The number of nitrogens with zero attached hydrogens (tertiary/aromatic N) is 2. The third-order valence-corrected chi connectivity index (χ3v) is 6.13. The summed E-state index contributed by atoms with van der Waals surface area (Å²) in [4.78, 5) is 39.1. The van der Waals surface area contributed by atoms with E-state index in [-0.39, 0.29) is 35.0 Å². The third-order valence-electron chi connectivity index (χ3n) is 6.13. The summed E-state index contributed by atoms with van der Waals surface area (Å²) >= 11 is 0. The summed E-state index contributed by atoms with van der Waals surface area (Å²) in [5, 5.41) is 2.94. The summed E-state index contributed by atoms with van der Waals surface area (Å²) in [6, 6.07) is 4.44. The van der Waals surface area contributed by atoms with E-state index in [1.807, 2.05) is 20.8 Å². The van der Waals surface area contributed by atoms with Crippen molar-refractivity contribution in [3.8, 4) is 22.6 Å². The molecule has 3 aromatic rings. The topological polar surface area (TPSA) is 82.3 Å². The molecule has 0 radical (unpaired) electrons. The highest BCUT2D eigenvalue weighted by atomic mass is 19.1. The zero-order valence-electron chi connectivity index (χ0n) is 21.6. The number of carbonyl (C=O) groups is 1. The Kier molecular flexibility index (Phi) is 6.24. The van der Waals surface area contributed by atoms with Gasteiger partial charge in [0.15, 0.2) is 5.75 Å². The highest BCUT2D eigenvalue weighted by molar-refractivity contribution is 6.02. The molecule has 2 heterocycles. The summed E-state index contributed by atoms with van der Waals surface area (Å²) in [5.74, 6) is -0.187. The van der Waals surface area contributed by atoms with Gasteiger partial charge in [-0.15, -0.1) is 0 Å². The quantitative estimate of drug-likeness (QED) is 0.594. The highest BCUT2D eigenvalue weighted by Gasteiger charge is 2.28. The lowest BCUT2D eigenvalue weighted by Crippen LogP contribution is -2.41. The van der Waals surface area contributed by atoms with Gasteiger partial charge in [0.25, 0.3) is 11.1 Å². The van der Waals surface area contributed by atoms with Gasteiger partial charge in [-0.05, 0) is 75.6 Å². The maximum absolute atomic E-state index is 13.9. The van der Waals surface area contributed by atoms with Crippen LogP contribution in [-0.4, -0.2) is 20.6 Å². The lowest BCUT2D eigenvalue weighted by Gasteiger charge is -2.20. The van der Waals surface area contributed by atoms with Crippen LogP contribution in [0.15, 0.2) is 45.8 Å². The van der Waals surface area contributed by atoms with Crippen molar-refractivity contribution in [2.75, 3.05) is 0 Å². The van der Waals surface area contributed by atoms with Gasteiger partial charge in [-0.3, -0.25) is 14.4 Å². The van der Waals surface area contributed by atoms with E-state index in [4.69, 9.17) is 4.74 Å². The van der Waals surface area contributed by atoms with Gasteiger partial charge in [-0.1, -0.05) is 0 Å². The molecular weight excluding hydrogens is 461 g/mol. The van der Waals surface area contributed by atoms with E-state index in [2.05, 4.69) is 5.32 Å². The molecule has 1 aromatic carbocycles. The van der Waals surface area contributed by atoms with E-state index in [0.717, 1.165) is 0 Å². The van der Waals surface area contributed by atoms with E-state index >= 15 is 0 Å². The fourth-order valence-electron chi connectivity index (χ4n) is 4.42. The van der Waals surface area contributed by atoms with E-state index in [1.54, 1.807) is 52.5 Å². The van der Waals surface area contributed by atoms with Crippen LogP contribution in [0.2, 0.25) is 0 Å². The minimum absolute atomic E-state index is 0.0552. The van der Waals surface area contributed by atoms with Crippen LogP contribution in [0.1, 0.15) is 43.0 Å². The van der Waals surface area contributed by atoms with Crippen molar-refractivity contribution in [3.63, 3.8) is 0 Å². The SMILES string of the molecule is Cc1cc(F)cc(C)c1Oc1c(-c2cn(C)c(=O)c3c2C=C(C(=O)NC(C)(C)C)C3)ccn(C)c1=O. The van der Waals surface area contributed by atoms with Crippen molar-refractivity contribution in [2.24, 2.45) is 14.1 Å². The molecule has 1 N–H and O–H groups in total. The van der Waals surface area contributed by atoms with Crippen molar-refractivity contribution >= 4 is 12.0 Å². The Morgan fingerprint density at radius 3 is 2.25 bits per heavy atom. The number of fused-ring (bicyclic) bond motifs is 1. The van der Waals surface area contributed by atoms with Crippen molar-refractivity contribution < 1.29 is 13.9 Å². The smallest absolute Gasteiger partial charge is 0.293 e. The molecule has 7 nitrogen and oxygen atoms in total. The minimum Gasteiger partial charge on any atom is -0.450 e. The summed E-state index contributed by atoms with van der Waals surface area (Å²) < 4.78 is 22.9. The lowest BCUT2D eigenvalue weighted by molar-refractivity contribution is -0.118. The standard InChI is InChI=1S/C28H30FN3O4/c1-15-10-18(29)11-16(2)23(15)36-24-19(8-9-31(6)27(24)35)22-14-32(7)26(34)21-13-17(12-20(21)22)25(33)30-28(3,4)5/h8-12,14H,13H2,1-7H3,(H,30,33). The molecule has 0 aliphatic heterocycles. The average molecular weight is 492 g/mol. The van der Waals surface area contributed by atoms with Gasteiger partial charge in [0, 0.05) is 60.7 Å². The van der Waals surface area contributed by atoms with Crippen molar-refractivity contribution in [3.05, 3.63) is 84.9 Å². The van der Waals surface area contributed by atoms with E-state index in [0.29, 0.717) is 44.7 Å². The van der Waals surface area contributed by atoms with Crippen LogP contribution in [0.3, 0.4) is 0 Å². The molecular formula is C28H30FN3O4. The molecule has 1 aliphatic rings. The van der Waals surface area contributed by atoms with Gasteiger partial charge in [0.1, 0.15) is 11.6 Å². The fourth-order valence-corrected chi connectivity index (χ4v) is 4.42. The Morgan fingerprint density at radius 2 is 1.64 bits per heavy atom. The summed E-state index contributed by atoms with van der Waals surface area (Å²) in [5.41, 5.74) is 2.69. The van der Waals surface area contributed by atoms with E-state index < -0.39 is 5.54 Å². The number of ether oxygens (including phenoxy) is 1. The zero-order chi connectivity index (χ0) is 26.5. The first-order chi connectivity index (χ1) is 16.8. The second kappa shape index (κ2) is 8.93. The Bertz CT molecular complexity index is 1530. The Labute approximate surface area is 208 Å². The molecule has 188 valence electrons. The molecule has 0 unspecified atom stereocenters. The monoisotopic (exact) mass is 491 g/mol. The molecule has 0 fully saturated rings. The largest absolute Gasteiger partial charge is 0.450 e. The van der Waals surface area contributed by atoms with Crippen molar-refractivity contribution in [1.29, 1.82) is 0 Å². The summed E-state index contributed by atoms with van der Waals surface area (Å²) in [6.45, 7) is 9.10. The van der Waals surface area contributed by atoms with Crippen LogP contribution >= 0.6 is 0 Å². The second-order valence-electron chi connectivity index (χ2n) is 10.3. The number of aryl methyl sites for hydroxylation is 4. The first-order valence-electron chi connectivity index (χ1n) is 11.7. The van der Waals surface area contributed by atoms with E-state index in [1.165, 1.54) is 21.3 Å². The molecule has 4 rings (SSSR count). The van der Waals surface area contributed by atoms with Crippen molar-refractivity contribution in [1.82, 2.24) is 14.5 Å².